The van der Waals surface area contributed by atoms with Crippen molar-refractivity contribution in [2.45, 2.75) is 45.6 Å². The molecule has 0 aliphatic carbocycles. The van der Waals surface area contributed by atoms with Gasteiger partial charge in [0.05, 0.1) is 16.3 Å². The van der Waals surface area contributed by atoms with Gasteiger partial charge in [-0.25, -0.2) is 14.4 Å². The Morgan fingerprint density at radius 2 is 1.89 bits per heavy atom. The summed E-state index contributed by atoms with van der Waals surface area (Å²) in [4.78, 5) is 27.0. The third kappa shape index (κ3) is 4.80. The molecule has 0 spiro atoms. The highest BCUT2D eigenvalue weighted by atomic mass is 35.5. The summed E-state index contributed by atoms with van der Waals surface area (Å²) < 4.78 is 20.4. The monoisotopic (exact) mass is 520 g/mol. The molecule has 0 bridgehead atoms. The van der Waals surface area contributed by atoms with Gasteiger partial charge in [-0.05, 0) is 49.6 Å². The number of benzene rings is 1. The SMILES string of the molecule is CC(C)(C)c1cc(-c2ccc(Cl)c(F)c2)nc2cc(C(=O)N3CCN(c4ccccn4)CC3(C)C)oc12. The highest BCUT2D eigenvalue weighted by Crippen LogP contribution is 2.36. The molecule has 0 unspecified atom stereocenters. The zero-order valence-corrected chi connectivity index (χ0v) is 22.4. The van der Waals surface area contributed by atoms with Gasteiger partial charge >= 0.3 is 0 Å². The minimum atomic E-state index is -0.506. The second-order valence-corrected chi connectivity index (χ2v) is 11.5. The van der Waals surface area contributed by atoms with Crippen molar-refractivity contribution < 1.29 is 13.6 Å². The van der Waals surface area contributed by atoms with Crippen LogP contribution in [0.15, 0.2) is 59.1 Å². The number of amides is 1. The van der Waals surface area contributed by atoms with Crippen LogP contribution in [0.25, 0.3) is 22.4 Å². The van der Waals surface area contributed by atoms with Gasteiger partial charge < -0.3 is 14.2 Å². The van der Waals surface area contributed by atoms with Gasteiger partial charge in [-0.15, -0.1) is 0 Å². The molecule has 6 nitrogen and oxygen atoms in total. The highest BCUT2D eigenvalue weighted by Gasteiger charge is 2.39. The predicted molar refractivity (Wildman–Crippen MR) is 145 cm³/mol. The standard InChI is InChI=1S/C29H30ClFN4O2/c1-28(2,3)19-15-22(18-9-10-20(30)21(31)14-18)33-23-16-24(37-26(19)23)27(36)35-13-12-34(17-29(35,4)5)25-8-6-7-11-32-25/h6-11,14-16H,12-13,17H2,1-5H3. The number of halogens is 2. The molecule has 37 heavy (non-hydrogen) atoms. The van der Waals surface area contributed by atoms with Crippen molar-refractivity contribution in [3.05, 3.63) is 76.9 Å². The molecule has 8 heteroatoms. The van der Waals surface area contributed by atoms with Gasteiger partial charge in [0.1, 0.15) is 17.2 Å². The largest absolute Gasteiger partial charge is 0.449 e. The van der Waals surface area contributed by atoms with E-state index in [2.05, 4.69) is 44.5 Å². The molecular weight excluding hydrogens is 491 g/mol. The normalized spacial score (nSPS) is 15.9. The third-order valence-corrected chi connectivity index (χ3v) is 7.14. The van der Waals surface area contributed by atoms with E-state index in [-0.39, 0.29) is 22.1 Å². The van der Waals surface area contributed by atoms with Crippen LogP contribution in [0.4, 0.5) is 10.2 Å². The zero-order chi connectivity index (χ0) is 26.5. The van der Waals surface area contributed by atoms with Gasteiger partial charge in [-0.2, -0.15) is 0 Å². The summed E-state index contributed by atoms with van der Waals surface area (Å²) in [6, 6.07) is 14.1. The molecule has 4 heterocycles. The summed E-state index contributed by atoms with van der Waals surface area (Å²) in [5.41, 5.74) is 2.48. The van der Waals surface area contributed by atoms with Gasteiger partial charge in [0.25, 0.3) is 5.91 Å². The number of fused-ring (bicyclic) bond motifs is 1. The molecule has 0 N–H and O–H groups in total. The number of hydrogen-bond donors (Lipinski definition) is 0. The first kappa shape index (κ1) is 25.2. The Balaban J connectivity index is 1.51. The molecule has 3 aromatic heterocycles. The molecule has 5 rings (SSSR count). The van der Waals surface area contributed by atoms with Crippen molar-refractivity contribution in [1.29, 1.82) is 0 Å². The first-order chi connectivity index (χ1) is 17.4. The molecule has 1 aromatic carbocycles. The van der Waals surface area contributed by atoms with E-state index in [1.165, 1.54) is 12.1 Å². The number of furan rings is 1. The van der Waals surface area contributed by atoms with Crippen molar-refractivity contribution in [2.24, 2.45) is 0 Å². The first-order valence-electron chi connectivity index (χ1n) is 12.3. The summed E-state index contributed by atoms with van der Waals surface area (Å²) in [7, 11) is 0. The fraction of sp³-hybridized carbons (Fsp3) is 0.345. The minimum Gasteiger partial charge on any atom is -0.449 e. The quantitative estimate of drug-likeness (QED) is 0.300. The minimum absolute atomic E-state index is 0.0582. The van der Waals surface area contributed by atoms with E-state index < -0.39 is 11.4 Å². The molecule has 192 valence electrons. The van der Waals surface area contributed by atoms with Crippen LogP contribution < -0.4 is 4.90 Å². The Bertz CT molecular complexity index is 1480. The second-order valence-electron chi connectivity index (χ2n) is 11.1. The molecule has 0 saturated carbocycles. The molecule has 1 saturated heterocycles. The first-order valence-corrected chi connectivity index (χ1v) is 12.7. The van der Waals surface area contributed by atoms with Crippen molar-refractivity contribution in [2.75, 3.05) is 24.5 Å². The lowest BCUT2D eigenvalue weighted by molar-refractivity contribution is 0.0483. The van der Waals surface area contributed by atoms with Crippen LogP contribution >= 0.6 is 11.6 Å². The number of rotatable bonds is 3. The zero-order valence-electron chi connectivity index (χ0n) is 21.7. The van der Waals surface area contributed by atoms with Gasteiger partial charge in [0.2, 0.25) is 0 Å². The number of carbonyl (C=O) groups excluding carboxylic acids is 1. The Morgan fingerprint density at radius 1 is 1.11 bits per heavy atom. The summed E-state index contributed by atoms with van der Waals surface area (Å²) in [6.07, 6.45) is 1.78. The lowest BCUT2D eigenvalue weighted by Crippen LogP contribution is -2.61. The Hall–Kier alpha value is -3.45. The summed E-state index contributed by atoms with van der Waals surface area (Å²) in [6.45, 7) is 12.2. The molecule has 1 aliphatic heterocycles. The fourth-order valence-corrected chi connectivity index (χ4v) is 5.01. The Morgan fingerprint density at radius 3 is 2.54 bits per heavy atom. The van der Waals surface area contributed by atoms with Crippen LogP contribution in [0.5, 0.6) is 0 Å². The number of aromatic nitrogens is 2. The van der Waals surface area contributed by atoms with Crippen LogP contribution in [-0.4, -0.2) is 45.9 Å². The third-order valence-electron chi connectivity index (χ3n) is 6.83. The lowest BCUT2D eigenvalue weighted by atomic mass is 9.86. The van der Waals surface area contributed by atoms with Gasteiger partial charge in [-0.1, -0.05) is 44.5 Å². The molecule has 4 aromatic rings. The Kier molecular flexibility index (Phi) is 6.23. The summed E-state index contributed by atoms with van der Waals surface area (Å²) >= 11 is 5.89. The van der Waals surface area contributed by atoms with Crippen LogP contribution in [-0.2, 0) is 5.41 Å². The number of nitrogens with zero attached hydrogens (tertiary/aromatic N) is 4. The van der Waals surface area contributed by atoms with Crippen LogP contribution in [0.3, 0.4) is 0 Å². The molecule has 1 fully saturated rings. The van der Waals surface area contributed by atoms with Crippen LogP contribution in [0, 0.1) is 5.82 Å². The number of anilines is 1. The number of hydrogen-bond acceptors (Lipinski definition) is 5. The molecule has 0 atom stereocenters. The maximum absolute atomic E-state index is 14.2. The fourth-order valence-electron chi connectivity index (χ4n) is 4.89. The van der Waals surface area contributed by atoms with E-state index in [0.29, 0.717) is 42.0 Å². The van der Waals surface area contributed by atoms with Crippen molar-refractivity contribution in [3.8, 4) is 11.3 Å². The second kappa shape index (κ2) is 9.14. The predicted octanol–water partition coefficient (Wildman–Crippen LogP) is 6.72. The number of pyridine rings is 2. The van der Waals surface area contributed by atoms with E-state index in [0.717, 1.165) is 11.4 Å². The summed E-state index contributed by atoms with van der Waals surface area (Å²) in [5.74, 6) is 0.458. The molecule has 0 radical (unpaired) electrons. The van der Waals surface area contributed by atoms with Gasteiger partial charge in [-0.3, -0.25) is 4.79 Å². The van der Waals surface area contributed by atoms with Crippen molar-refractivity contribution >= 4 is 34.4 Å². The van der Waals surface area contributed by atoms with Gasteiger partial charge in [0, 0.05) is 43.0 Å². The highest BCUT2D eigenvalue weighted by molar-refractivity contribution is 6.30. The van der Waals surface area contributed by atoms with E-state index in [9.17, 15) is 9.18 Å². The maximum Gasteiger partial charge on any atom is 0.290 e. The van der Waals surface area contributed by atoms with E-state index in [4.69, 9.17) is 21.0 Å². The topological polar surface area (TPSA) is 62.5 Å². The van der Waals surface area contributed by atoms with Crippen molar-refractivity contribution in [3.63, 3.8) is 0 Å². The Labute approximate surface area is 221 Å². The van der Waals surface area contributed by atoms with Crippen LogP contribution in [0.1, 0.15) is 50.7 Å². The maximum atomic E-state index is 14.2. The molecular formula is C29H30ClFN4O2. The average Bonchev–Trinajstić information content (AvgIpc) is 3.28. The summed E-state index contributed by atoms with van der Waals surface area (Å²) in [5, 5.41) is 0.0582. The number of carbonyl (C=O) groups is 1. The number of piperazine rings is 1. The van der Waals surface area contributed by atoms with Gasteiger partial charge in [0.15, 0.2) is 11.3 Å². The molecule has 1 aliphatic rings. The van der Waals surface area contributed by atoms with E-state index in [1.807, 2.05) is 29.2 Å². The van der Waals surface area contributed by atoms with Crippen molar-refractivity contribution in [1.82, 2.24) is 14.9 Å². The van der Waals surface area contributed by atoms with E-state index in [1.54, 1.807) is 18.3 Å². The lowest BCUT2D eigenvalue weighted by Gasteiger charge is -2.47. The molecule has 1 amide bonds. The average molecular weight is 521 g/mol. The van der Waals surface area contributed by atoms with E-state index >= 15 is 0 Å². The smallest absolute Gasteiger partial charge is 0.290 e. The van der Waals surface area contributed by atoms with Crippen LogP contribution in [0.2, 0.25) is 5.02 Å².